The Morgan fingerprint density at radius 2 is 1.88 bits per heavy atom. The zero-order valence-corrected chi connectivity index (χ0v) is 11.1. The summed E-state index contributed by atoms with van der Waals surface area (Å²) in [6.45, 7) is 3.55. The lowest BCUT2D eigenvalue weighted by atomic mass is 9.83. The Balaban J connectivity index is 3.21. The third kappa shape index (κ3) is 2.28. The molecule has 0 fully saturated rings. The van der Waals surface area contributed by atoms with Crippen LogP contribution in [0.4, 0.5) is 0 Å². The molecular weight excluding hydrogens is 272 g/mol. The highest BCUT2D eigenvalue weighted by molar-refractivity contribution is 9.10. The average Bonchev–Trinajstić information content (AvgIpc) is 2.27. The molecule has 88 valence electrons. The Morgan fingerprint density at radius 1 is 1.38 bits per heavy atom. The minimum absolute atomic E-state index is 0.263. The number of benzene rings is 1. The van der Waals surface area contributed by atoms with Gasteiger partial charge in [0, 0.05) is 4.47 Å². The van der Waals surface area contributed by atoms with E-state index in [1.807, 2.05) is 0 Å². The summed E-state index contributed by atoms with van der Waals surface area (Å²) in [4.78, 5) is 11.7. The van der Waals surface area contributed by atoms with Gasteiger partial charge in [-0.25, -0.2) is 4.79 Å². The van der Waals surface area contributed by atoms with Gasteiger partial charge in [0.2, 0.25) is 0 Å². The fraction of sp³-hybridized carbons (Fsp3) is 0.417. The molecule has 0 heterocycles. The summed E-state index contributed by atoms with van der Waals surface area (Å²) in [5.74, 6) is -0.897. The standard InChI is InChI=1S/C12H15BrO3/c1-8(2)12(15,11(14)16-3)9-4-6-10(13)7-5-9/h4-8,15H,1-3H3. The Bertz CT molecular complexity index is 372. The summed E-state index contributed by atoms with van der Waals surface area (Å²) in [7, 11) is 1.27. The highest BCUT2D eigenvalue weighted by atomic mass is 79.9. The molecule has 1 N–H and O–H groups in total. The van der Waals surface area contributed by atoms with E-state index in [-0.39, 0.29) is 5.92 Å². The van der Waals surface area contributed by atoms with Crippen LogP contribution in [0.25, 0.3) is 0 Å². The van der Waals surface area contributed by atoms with Gasteiger partial charge < -0.3 is 9.84 Å². The van der Waals surface area contributed by atoms with Crippen molar-refractivity contribution >= 4 is 21.9 Å². The van der Waals surface area contributed by atoms with Gasteiger partial charge in [0.15, 0.2) is 5.60 Å². The van der Waals surface area contributed by atoms with Crippen molar-refractivity contribution in [2.24, 2.45) is 5.92 Å². The van der Waals surface area contributed by atoms with Gasteiger partial charge in [0.05, 0.1) is 7.11 Å². The lowest BCUT2D eigenvalue weighted by Gasteiger charge is -2.29. The summed E-state index contributed by atoms with van der Waals surface area (Å²) >= 11 is 3.31. The molecule has 1 aromatic carbocycles. The number of carbonyl (C=O) groups excluding carboxylic acids is 1. The first-order valence-corrected chi connectivity index (χ1v) is 5.79. The van der Waals surface area contributed by atoms with E-state index in [9.17, 15) is 9.90 Å². The molecule has 0 aromatic heterocycles. The van der Waals surface area contributed by atoms with Gasteiger partial charge >= 0.3 is 5.97 Å². The fourth-order valence-corrected chi connectivity index (χ4v) is 1.81. The van der Waals surface area contributed by atoms with Crippen molar-refractivity contribution in [3.63, 3.8) is 0 Å². The molecule has 4 heteroatoms. The summed E-state index contributed by atoms with van der Waals surface area (Å²) in [5, 5.41) is 10.4. The maximum Gasteiger partial charge on any atom is 0.342 e. The van der Waals surface area contributed by atoms with Crippen LogP contribution in [0.15, 0.2) is 28.7 Å². The Hall–Kier alpha value is -0.870. The molecular formula is C12H15BrO3. The van der Waals surface area contributed by atoms with Crippen molar-refractivity contribution < 1.29 is 14.6 Å². The molecule has 0 spiro atoms. The van der Waals surface area contributed by atoms with Crippen LogP contribution < -0.4 is 0 Å². The first-order valence-electron chi connectivity index (χ1n) is 4.99. The highest BCUT2D eigenvalue weighted by Gasteiger charge is 2.42. The molecule has 0 aliphatic carbocycles. The number of ether oxygens (including phenoxy) is 1. The molecule has 0 aliphatic rings. The van der Waals surface area contributed by atoms with E-state index >= 15 is 0 Å². The van der Waals surface area contributed by atoms with Crippen LogP contribution in [-0.4, -0.2) is 18.2 Å². The lowest BCUT2D eigenvalue weighted by Crippen LogP contribution is -2.41. The van der Waals surface area contributed by atoms with Crippen LogP contribution in [0.5, 0.6) is 0 Å². The Morgan fingerprint density at radius 3 is 2.25 bits per heavy atom. The van der Waals surface area contributed by atoms with Crippen LogP contribution in [0, 0.1) is 5.92 Å². The number of hydrogen-bond donors (Lipinski definition) is 1. The predicted octanol–water partition coefficient (Wildman–Crippen LogP) is 2.47. The molecule has 1 rings (SSSR count). The monoisotopic (exact) mass is 286 g/mol. The normalized spacial score (nSPS) is 14.6. The Kier molecular flexibility index (Phi) is 4.10. The summed E-state index contributed by atoms with van der Waals surface area (Å²) in [6.07, 6.45) is 0. The Labute approximate surface area is 104 Å². The minimum Gasteiger partial charge on any atom is -0.467 e. The maximum atomic E-state index is 11.7. The molecule has 0 bridgehead atoms. The zero-order valence-electron chi connectivity index (χ0n) is 9.53. The second-order valence-corrected chi connectivity index (χ2v) is 4.84. The van der Waals surface area contributed by atoms with Gasteiger partial charge in [-0.1, -0.05) is 41.9 Å². The smallest absolute Gasteiger partial charge is 0.342 e. The number of hydrogen-bond acceptors (Lipinski definition) is 3. The van der Waals surface area contributed by atoms with Crippen molar-refractivity contribution in [3.8, 4) is 0 Å². The highest BCUT2D eigenvalue weighted by Crippen LogP contribution is 2.31. The SMILES string of the molecule is COC(=O)C(O)(c1ccc(Br)cc1)C(C)C. The van der Waals surface area contributed by atoms with Gasteiger partial charge in [-0.3, -0.25) is 0 Å². The van der Waals surface area contributed by atoms with Crippen molar-refractivity contribution in [1.29, 1.82) is 0 Å². The molecule has 0 saturated heterocycles. The van der Waals surface area contributed by atoms with E-state index in [0.717, 1.165) is 4.47 Å². The summed E-state index contributed by atoms with van der Waals surface area (Å²) in [5.41, 5.74) is -1.05. The number of carbonyl (C=O) groups is 1. The molecule has 3 nitrogen and oxygen atoms in total. The summed E-state index contributed by atoms with van der Waals surface area (Å²) < 4.78 is 5.56. The van der Waals surface area contributed by atoms with Gasteiger partial charge in [0.25, 0.3) is 0 Å². The van der Waals surface area contributed by atoms with Gasteiger partial charge in [0.1, 0.15) is 0 Å². The van der Waals surface area contributed by atoms with Crippen LogP contribution in [0.2, 0.25) is 0 Å². The minimum atomic E-state index is -1.59. The van der Waals surface area contributed by atoms with Crippen molar-refractivity contribution in [2.75, 3.05) is 7.11 Å². The van der Waals surface area contributed by atoms with E-state index in [2.05, 4.69) is 20.7 Å². The topological polar surface area (TPSA) is 46.5 Å². The quantitative estimate of drug-likeness (QED) is 0.869. The van der Waals surface area contributed by atoms with Gasteiger partial charge in [-0.15, -0.1) is 0 Å². The molecule has 16 heavy (non-hydrogen) atoms. The molecule has 0 radical (unpaired) electrons. The number of methoxy groups -OCH3 is 1. The molecule has 0 saturated carbocycles. The number of halogens is 1. The largest absolute Gasteiger partial charge is 0.467 e. The van der Waals surface area contributed by atoms with Crippen molar-refractivity contribution in [2.45, 2.75) is 19.4 Å². The zero-order chi connectivity index (χ0) is 12.3. The number of esters is 1. The summed E-state index contributed by atoms with van der Waals surface area (Å²) in [6, 6.07) is 6.99. The van der Waals surface area contributed by atoms with Crippen molar-refractivity contribution in [1.82, 2.24) is 0 Å². The van der Waals surface area contributed by atoms with E-state index in [1.54, 1.807) is 38.1 Å². The van der Waals surface area contributed by atoms with Crippen LogP contribution in [0.3, 0.4) is 0 Å². The average molecular weight is 287 g/mol. The first-order chi connectivity index (χ1) is 7.42. The van der Waals surface area contributed by atoms with Crippen molar-refractivity contribution in [3.05, 3.63) is 34.3 Å². The van der Waals surface area contributed by atoms with E-state index in [4.69, 9.17) is 0 Å². The number of aliphatic hydroxyl groups is 1. The van der Waals surface area contributed by atoms with Gasteiger partial charge in [-0.2, -0.15) is 0 Å². The molecule has 1 unspecified atom stereocenters. The predicted molar refractivity (Wildman–Crippen MR) is 64.9 cm³/mol. The van der Waals surface area contributed by atoms with E-state index in [1.165, 1.54) is 7.11 Å². The molecule has 0 amide bonds. The maximum absolute atomic E-state index is 11.7. The second-order valence-electron chi connectivity index (χ2n) is 3.92. The molecule has 0 aliphatic heterocycles. The molecule has 1 aromatic rings. The third-order valence-corrected chi connectivity index (χ3v) is 3.15. The third-order valence-electron chi connectivity index (χ3n) is 2.62. The van der Waals surface area contributed by atoms with Crippen LogP contribution in [-0.2, 0) is 15.1 Å². The number of rotatable bonds is 3. The molecule has 1 atom stereocenters. The first kappa shape index (κ1) is 13.2. The van der Waals surface area contributed by atoms with Gasteiger partial charge in [-0.05, 0) is 23.6 Å². The second kappa shape index (κ2) is 4.97. The fourth-order valence-electron chi connectivity index (χ4n) is 1.55. The van der Waals surface area contributed by atoms with E-state index in [0.29, 0.717) is 5.56 Å². The van der Waals surface area contributed by atoms with Crippen LogP contribution >= 0.6 is 15.9 Å². The lowest BCUT2D eigenvalue weighted by molar-refractivity contribution is -0.169. The van der Waals surface area contributed by atoms with Crippen LogP contribution in [0.1, 0.15) is 19.4 Å². The van der Waals surface area contributed by atoms with E-state index < -0.39 is 11.6 Å².